The van der Waals surface area contributed by atoms with Gasteiger partial charge in [-0.3, -0.25) is 9.80 Å². The van der Waals surface area contributed by atoms with Crippen molar-refractivity contribution < 1.29 is 57.5 Å². The fraction of sp³-hybridized carbons (Fsp3) is 0.278. The van der Waals surface area contributed by atoms with Gasteiger partial charge in [-0.1, -0.05) is 54.6 Å². The summed E-state index contributed by atoms with van der Waals surface area (Å²) in [6.45, 7) is 4.22. The first-order valence-electron chi connectivity index (χ1n) is 15.3. The second kappa shape index (κ2) is 22.3. The molecule has 268 valence electrons. The third kappa shape index (κ3) is 16.7. The molecule has 1 saturated heterocycles. The van der Waals surface area contributed by atoms with Gasteiger partial charge >= 0.3 is 23.9 Å². The van der Waals surface area contributed by atoms with E-state index in [2.05, 4.69) is 21.9 Å². The summed E-state index contributed by atoms with van der Waals surface area (Å²) < 4.78 is 46.8. The monoisotopic (exact) mass is 700 g/mol. The van der Waals surface area contributed by atoms with Crippen molar-refractivity contribution >= 4 is 23.9 Å². The highest BCUT2D eigenvalue weighted by Gasteiger charge is 2.24. The van der Waals surface area contributed by atoms with Gasteiger partial charge in [0, 0.05) is 63.1 Å². The molecule has 3 aromatic carbocycles. The molecule has 0 radical (unpaired) electrons. The number of carbonyl (C=O) groups is 4. The minimum absolute atomic E-state index is 0.0952. The molecule has 14 heteroatoms. The predicted octanol–water partition coefficient (Wildman–Crippen LogP) is 4.69. The third-order valence-corrected chi connectivity index (χ3v) is 7.19. The summed E-state index contributed by atoms with van der Waals surface area (Å²) in [6.07, 6.45) is 2.55. The smallest absolute Gasteiger partial charge is 0.328 e. The van der Waals surface area contributed by atoms with Gasteiger partial charge in [-0.25, -0.2) is 32.3 Å². The van der Waals surface area contributed by atoms with Crippen molar-refractivity contribution in [2.45, 2.75) is 18.6 Å². The molecule has 0 bridgehead atoms. The number of ether oxygens (including phenoxy) is 1. The number of nitrogens with zero attached hydrogens (tertiary/aromatic N) is 2. The minimum atomic E-state index is -1.26. The molecule has 1 aliphatic heterocycles. The Hall–Kier alpha value is -5.31. The van der Waals surface area contributed by atoms with Crippen LogP contribution in [-0.4, -0.2) is 106 Å². The Bertz CT molecular complexity index is 1430. The van der Waals surface area contributed by atoms with Crippen LogP contribution in [0.25, 0.3) is 0 Å². The zero-order chi connectivity index (χ0) is 36.9. The molecule has 4 rings (SSSR count). The van der Waals surface area contributed by atoms with E-state index in [1.807, 2.05) is 18.2 Å². The van der Waals surface area contributed by atoms with Crippen LogP contribution >= 0.6 is 0 Å². The molecule has 11 nitrogen and oxygen atoms in total. The minimum Gasteiger partial charge on any atom is -0.478 e. The van der Waals surface area contributed by atoms with E-state index in [-0.39, 0.29) is 24.4 Å². The zero-order valence-corrected chi connectivity index (χ0v) is 27.0. The largest absolute Gasteiger partial charge is 0.478 e. The van der Waals surface area contributed by atoms with Crippen molar-refractivity contribution in [3.63, 3.8) is 0 Å². The van der Waals surface area contributed by atoms with E-state index in [4.69, 9.17) is 25.2 Å². The number of hydrogen-bond acceptors (Lipinski definition) is 7. The van der Waals surface area contributed by atoms with Crippen LogP contribution in [0.4, 0.5) is 13.2 Å². The number of alkyl halides is 1. The summed E-state index contributed by atoms with van der Waals surface area (Å²) in [4.78, 5) is 42.8. The fourth-order valence-electron chi connectivity index (χ4n) is 4.76. The van der Waals surface area contributed by atoms with Gasteiger partial charge in [0.05, 0.1) is 6.61 Å². The Kier molecular flexibility index (Phi) is 18.3. The SMILES string of the molecule is FC[C@H](Cc1ccccc1)N1CCN(CCOC(c2ccc(F)cc2)c2ccc(F)cc2)CC1.O=C(O)/C=C\C(=O)O.O=C(O)/C=C\C(=O)O. The Morgan fingerprint density at radius 2 is 1.08 bits per heavy atom. The van der Waals surface area contributed by atoms with E-state index in [0.29, 0.717) is 30.9 Å². The molecule has 3 aromatic rings. The third-order valence-electron chi connectivity index (χ3n) is 7.19. The van der Waals surface area contributed by atoms with Crippen molar-refractivity contribution in [2.24, 2.45) is 0 Å². The summed E-state index contributed by atoms with van der Waals surface area (Å²) in [5, 5.41) is 31.2. The van der Waals surface area contributed by atoms with Crippen molar-refractivity contribution in [1.29, 1.82) is 0 Å². The molecular weight excluding hydrogens is 661 g/mol. The molecule has 1 fully saturated rings. The Labute approximate surface area is 287 Å². The lowest BCUT2D eigenvalue weighted by atomic mass is 10.0. The molecule has 50 heavy (non-hydrogen) atoms. The summed E-state index contributed by atoms with van der Waals surface area (Å²) in [7, 11) is 0. The van der Waals surface area contributed by atoms with E-state index in [1.165, 1.54) is 24.3 Å². The van der Waals surface area contributed by atoms with Gasteiger partial charge in [-0.15, -0.1) is 0 Å². The molecule has 0 aromatic heterocycles. The van der Waals surface area contributed by atoms with Gasteiger partial charge in [0.15, 0.2) is 0 Å². The van der Waals surface area contributed by atoms with Crippen LogP contribution in [0.2, 0.25) is 0 Å². The summed E-state index contributed by atoms with van der Waals surface area (Å²) in [5.41, 5.74) is 2.81. The van der Waals surface area contributed by atoms with E-state index >= 15 is 0 Å². The van der Waals surface area contributed by atoms with Crippen LogP contribution in [-0.2, 0) is 30.3 Å². The predicted molar refractivity (Wildman–Crippen MR) is 177 cm³/mol. The van der Waals surface area contributed by atoms with Crippen LogP contribution in [0.15, 0.2) is 103 Å². The first-order chi connectivity index (χ1) is 23.9. The van der Waals surface area contributed by atoms with Crippen molar-refractivity contribution in [3.05, 3.63) is 131 Å². The number of hydrogen-bond donors (Lipinski definition) is 4. The standard InChI is InChI=1S/C28H31F3N2O.2C4H4O4/c29-21-27(20-22-4-2-1-3-5-22)33-16-14-32(15-17-33)18-19-34-28(23-6-10-25(30)11-7-23)24-8-12-26(31)13-9-24;2*5-3(6)1-2-4(7)8/h1-13,27-28H,14-21H2;2*1-2H,(H,5,6)(H,7,8)/b;2*2-1-/t27-;;/m0../s1. The number of rotatable bonds is 14. The molecule has 0 unspecified atom stereocenters. The summed E-state index contributed by atoms with van der Waals surface area (Å²) >= 11 is 0. The second-order valence-electron chi connectivity index (χ2n) is 10.7. The second-order valence-corrected chi connectivity index (χ2v) is 10.7. The number of halogens is 3. The lowest BCUT2D eigenvalue weighted by Crippen LogP contribution is -2.52. The fourth-order valence-corrected chi connectivity index (χ4v) is 4.76. The molecule has 1 atom stereocenters. The Morgan fingerprint density at radius 1 is 0.660 bits per heavy atom. The van der Waals surface area contributed by atoms with Crippen molar-refractivity contribution in [2.75, 3.05) is 46.0 Å². The van der Waals surface area contributed by atoms with Crippen LogP contribution in [0, 0.1) is 11.6 Å². The first kappa shape index (κ1) is 40.9. The molecule has 0 spiro atoms. The van der Waals surface area contributed by atoms with Gasteiger partial charge in [-0.05, 0) is 47.4 Å². The molecule has 1 aliphatic rings. The number of benzene rings is 3. The van der Waals surface area contributed by atoms with Crippen LogP contribution in [0.1, 0.15) is 22.8 Å². The van der Waals surface area contributed by atoms with Gasteiger partial charge in [-0.2, -0.15) is 0 Å². The highest BCUT2D eigenvalue weighted by molar-refractivity contribution is 5.90. The summed E-state index contributed by atoms with van der Waals surface area (Å²) in [5.74, 6) is -5.64. The van der Waals surface area contributed by atoms with Crippen molar-refractivity contribution in [3.8, 4) is 0 Å². The van der Waals surface area contributed by atoms with E-state index in [0.717, 1.165) is 55.8 Å². The maximum absolute atomic E-state index is 13.8. The number of piperazine rings is 1. The van der Waals surface area contributed by atoms with E-state index in [1.54, 1.807) is 24.3 Å². The number of aliphatic carboxylic acids is 4. The van der Waals surface area contributed by atoms with Crippen LogP contribution in [0.5, 0.6) is 0 Å². The van der Waals surface area contributed by atoms with Crippen molar-refractivity contribution in [1.82, 2.24) is 9.80 Å². The van der Waals surface area contributed by atoms with Crippen LogP contribution < -0.4 is 0 Å². The van der Waals surface area contributed by atoms with Crippen LogP contribution in [0.3, 0.4) is 0 Å². The Morgan fingerprint density at radius 3 is 1.46 bits per heavy atom. The zero-order valence-electron chi connectivity index (χ0n) is 27.0. The topological polar surface area (TPSA) is 165 Å². The first-order valence-corrected chi connectivity index (χ1v) is 15.3. The molecule has 0 aliphatic carbocycles. The van der Waals surface area contributed by atoms with Gasteiger partial charge in [0.25, 0.3) is 0 Å². The molecule has 0 saturated carbocycles. The lowest BCUT2D eigenvalue weighted by molar-refractivity contribution is -0.134. The maximum Gasteiger partial charge on any atom is 0.328 e. The molecular formula is C36H39F3N2O9. The molecule has 4 N–H and O–H groups in total. The van der Waals surface area contributed by atoms with Gasteiger partial charge in [0.2, 0.25) is 0 Å². The highest BCUT2D eigenvalue weighted by Crippen LogP contribution is 2.26. The molecule has 0 amide bonds. The van der Waals surface area contributed by atoms with Gasteiger partial charge in [0.1, 0.15) is 24.4 Å². The summed E-state index contributed by atoms with van der Waals surface area (Å²) in [6, 6.07) is 22.4. The Balaban J connectivity index is 0.000000450. The maximum atomic E-state index is 13.8. The quantitative estimate of drug-likeness (QED) is 0.173. The number of carboxylic acids is 4. The lowest BCUT2D eigenvalue weighted by Gasteiger charge is -2.38. The van der Waals surface area contributed by atoms with Gasteiger partial charge < -0.3 is 25.2 Å². The average Bonchev–Trinajstić information content (AvgIpc) is 3.10. The highest BCUT2D eigenvalue weighted by atomic mass is 19.1. The van der Waals surface area contributed by atoms with E-state index in [9.17, 15) is 32.3 Å². The normalized spacial score (nSPS) is 14.0. The van der Waals surface area contributed by atoms with E-state index < -0.39 is 30.0 Å². The number of carboxylic acid groups (broad SMARTS) is 4. The molecule has 1 heterocycles. The average molecular weight is 701 g/mol.